The van der Waals surface area contributed by atoms with Gasteiger partial charge in [0.05, 0.1) is 12.3 Å². The van der Waals surface area contributed by atoms with Crippen LogP contribution in [0, 0.1) is 11.8 Å². The SMILES string of the molecule is CCCN1CC[C@H]2CC(=O)Nc3cc(-c4cccnc4)ccc3OCC[C@H]2C1. The molecule has 1 aromatic carbocycles. The quantitative estimate of drug-likeness (QED) is 0.868. The molecule has 1 saturated heterocycles. The molecular weight excluding hydrogens is 350 g/mol. The molecule has 1 amide bonds. The van der Waals surface area contributed by atoms with Crippen LogP contribution in [0.3, 0.4) is 0 Å². The van der Waals surface area contributed by atoms with E-state index in [9.17, 15) is 4.79 Å². The van der Waals surface area contributed by atoms with Gasteiger partial charge in [0, 0.05) is 30.9 Å². The molecule has 1 aromatic heterocycles. The minimum atomic E-state index is 0.0917. The van der Waals surface area contributed by atoms with Gasteiger partial charge in [-0.2, -0.15) is 0 Å². The average Bonchev–Trinajstić information content (AvgIpc) is 2.71. The monoisotopic (exact) mass is 379 g/mol. The third-order valence-electron chi connectivity index (χ3n) is 5.96. The first-order valence-corrected chi connectivity index (χ1v) is 10.4. The van der Waals surface area contributed by atoms with Gasteiger partial charge in [0.1, 0.15) is 5.75 Å². The lowest BCUT2D eigenvalue weighted by atomic mass is 9.81. The zero-order valence-corrected chi connectivity index (χ0v) is 16.6. The molecule has 1 fully saturated rings. The molecule has 0 saturated carbocycles. The molecule has 5 nitrogen and oxygen atoms in total. The van der Waals surface area contributed by atoms with E-state index in [1.165, 1.54) is 6.42 Å². The lowest BCUT2D eigenvalue weighted by Gasteiger charge is -2.39. The maximum Gasteiger partial charge on any atom is 0.224 e. The minimum absolute atomic E-state index is 0.0917. The Balaban J connectivity index is 1.54. The minimum Gasteiger partial charge on any atom is -0.491 e. The van der Waals surface area contributed by atoms with E-state index >= 15 is 0 Å². The molecule has 1 N–H and O–H groups in total. The van der Waals surface area contributed by atoms with Crippen molar-refractivity contribution in [1.29, 1.82) is 0 Å². The zero-order chi connectivity index (χ0) is 19.3. The number of rotatable bonds is 3. The molecule has 0 radical (unpaired) electrons. The van der Waals surface area contributed by atoms with Crippen molar-refractivity contribution in [1.82, 2.24) is 9.88 Å². The van der Waals surface area contributed by atoms with Crippen molar-refractivity contribution in [3.63, 3.8) is 0 Å². The fourth-order valence-corrected chi connectivity index (χ4v) is 4.50. The Bertz CT molecular complexity index is 809. The van der Waals surface area contributed by atoms with Gasteiger partial charge >= 0.3 is 0 Å². The number of carbonyl (C=O) groups is 1. The molecule has 3 heterocycles. The molecule has 0 spiro atoms. The van der Waals surface area contributed by atoms with E-state index in [1.54, 1.807) is 6.20 Å². The number of nitrogens with one attached hydrogen (secondary N) is 1. The van der Waals surface area contributed by atoms with E-state index in [-0.39, 0.29) is 5.91 Å². The molecule has 5 heteroatoms. The number of nitrogens with zero attached hydrogens (tertiary/aromatic N) is 2. The van der Waals surface area contributed by atoms with Gasteiger partial charge in [-0.1, -0.05) is 19.1 Å². The molecule has 2 aliphatic rings. The molecule has 0 aliphatic carbocycles. The molecule has 2 aromatic rings. The Morgan fingerprint density at radius 3 is 2.96 bits per heavy atom. The summed E-state index contributed by atoms with van der Waals surface area (Å²) in [7, 11) is 0. The molecule has 4 rings (SSSR count). The van der Waals surface area contributed by atoms with Crippen LogP contribution in [0.5, 0.6) is 5.75 Å². The predicted molar refractivity (Wildman–Crippen MR) is 111 cm³/mol. The van der Waals surface area contributed by atoms with Gasteiger partial charge in [-0.05, 0) is 68.0 Å². The molecule has 2 atom stereocenters. The number of benzene rings is 1. The van der Waals surface area contributed by atoms with Crippen LogP contribution in [0.4, 0.5) is 5.69 Å². The fraction of sp³-hybridized carbons (Fsp3) is 0.478. The average molecular weight is 380 g/mol. The second-order valence-electron chi connectivity index (χ2n) is 7.95. The Hall–Kier alpha value is -2.40. The van der Waals surface area contributed by atoms with Gasteiger partial charge < -0.3 is 15.0 Å². The van der Waals surface area contributed by atoms with Crippen molar-refractivity contribution in [2.45, 2.75) is 32.6 Å². The molecule has 0 unspecified atom stereocenters. The van der Waals surface area contributed by atoms with Crippen molar-refractivity contribution in [3.8, 4) is 16.9 Å². The summed E-state index contributed by atoms with van der Waals surface area (Å²) in [4.78, 5) is 19.5. The Morgan fingerprint density at radius 1 is 1.21 bits per heavy atom. The van der Waals surface area contributed by atoms with Crippen LogP contribution in [-0.4, -0.2) is 42.0 Å². The highest BCUT2D eigenvalue weighted by atomic mass is 16.5. The van der Waals surface area contributed by atoms with Gasteiger partial charge in [-0.15, -0.1) is 0 Å². The van der Waals surface area contributed by atoms with Crippen molar-refractivity contribution < 1.29 is 9.53 Å². The summed E-state index contributed by atoms with van der Waals surface area (Å²) in [6.45, 7) is 6.26. The Labute approximate surface area is 167 Å². The highest BCUT2D eigenvalue weighted by molar-refractivity contribution is 5.93. The fourth-order valence-electron chi connectivity index (χ4n) is 4.50. The lowest BCUT2D eigenvalue weighted by Crippen LogP contribution is -2.42. The van der Waals surface area contributed by atoms with Crippen LogP contribution >= 0.6 is 0 Å². The number of hydrogen-bond donors (Lipinski definition) is 1. The van der Waals surface area contributed by atoms with Crippen LogP contribution < -0.4 is 10.1 Å². The third kappa shape index (κ3) is 4.36. The van der Waals surface area contributed by atoms with Gasteiger partial charge in [0.2, 0.25) is 5.91 Å². The Kier molecular flexibility index (Phi) is 5.91. The van der Waals surface area contributed by atoms with E-state index in [2.05, 4.69) is 22.1 Å². The van der Waals surface area contributed by atoms with Gasteiger partial charge in [0.15, 0.2) is 0 Å². The highest BCUT2D eigenvalue weighted by Crippen LogP contribution is 2.35. The van der Waals surface area contributed by atoms with Crippen LogP contribution in [0.25, 0.3) is 11.1 Å². The summed E-state index contributed by atoms with van der Waals surface area (Å²) in [5.41, 5.74) is 2.81. The molecule has 2 aliphatic heterocycles. The summed E-state index contributed by atoms with van der Waals surface area (Å²) in [6, 6.07) is 9.92. The Morgan fingerprint density at radius 2 is 2.14 bits per heavy atom. The summed E-state index contributed by atoms with van der Waals surface area (Å²) in [6.07, 6.45) is 7.47. The molecular formula is C23H29N3O2. The van der Waals surface area contributed by atoms with Crippen LogP contribution in [0.15, 0.2) is 42.7 Å². The van der Waals surface area contributed by atoms with Crippen LogP contribution in [0.1, 0.15) is 32.6 Å². The maximum atomic E-state index is 12.8. The number of carbonyl (C=O) groups excluding carboxylic acids is 1. The van der Waals surface area contributed by atoms with E-state index in [0.29, 0.717) is 24.9 Å². The van der Waals surface area contributed by atoms with Crippen molar-refractivity contribution in [2.75, 3.05) is 31.6 Å². The number of piperidine rings is 1. The lowest BCUT2D eigenvalue weighted by molar-refractivity contribution is -0.118. The first kappa shape index (κ1) is 18.9. The van der Waals surface area contributed by atoms with Crippen LogP contribution in [0.2, 0.25) is 0 Å². The number of aromatic nitrogens is 1. The molecule has 148 valence electrons. The highest BCUT2D eigenvalue weighted by Gasteiger charge is 2.31. The van der Waals surface area contributed by atoms with E-state index in [1.807, 2.05) is 36.5 Å². The number of hydrogen-bond acceptors (Lipinski definition) is 4. The summed E-state index contributed by atoms with van der Waals surface area (Å²) in [5.74, 6) is 1.82. The summed E-state index contributed by atoms with van der Waals surface area (Å²) < 4.78 is 6.10. The molecule has 0 bridgehead atoms. The van der Waals surface area contributed by atoms with E-state index in [4.69, 9.17) is 4.74 Å². The van der Waals surface area contributed by atoms with E-state index < -0.39 is 0 Å². The number of ether oxygens (including phenoxy) is 1. The standard InChI is InChI=1S/C23H29N3O2/c1-2-10-26-11-7-18-14-23(27)25-21-13-17(19-4-3-9-24-15-19)5-6-22(21)28-12-8-20(18)16-26/h3-6,9,13,15,18,20H,2,7-8,10-12,14,16H2,1H3,(H,25,27)/t18-,20-/m0/s1. The van der Waals surface area contributed by atoms with E-state index in [0.717, 1.165) is 55.0 Å². The second kappa shape index (κ2) is 8.74. The predicted octanol–water partition coefficient (Wildman–Crippen LogP) is 4.21. The third-order valence-corrected chi connectivity index (χ3v) is 5.96. The number of fused-ring (bicyclic) bond motifs is 2. The maximum absolute atomic E-state index is 12.8. The largest absolute Gasteiger partial charge is 0.491 e. The summed E-state index contributed by atoms with van der Waals surface area (Å²) in [5, 5.41) is 3.11. The molecule has 28 heavy (non-hydrogen) atoms. The number of anilines is 1. The summed E-state index contributed by atoms with van der Waals surface area (Å²) >= 11 is 0. The smallest absolute Gasteiger partial charge is 0.224 e. The topological polar surface area (TPSA) is 54.5 Å². The second-order valence-corrected chi connectivity index (χ2v) is 7.95. The first-order chi connectivity index (χ1) is 13.7. The van der Waals surface area contributed by atoms with Gasteiger partial charge in [-0.3, -0.25) is 9.78 Å². The van der Waals surface area contributed by atoms with Crippen molar-refractivity contribution >= 4 is 11.6 Å². The number of likely N-dealkylation sites (tertiary alicyclic amines) is 1. The number of pyridine rings is 1. The van der Waals surface area contributed by atoms with Gasteiger partial charge in [-0.25, -0.2) is 0 Å². The normalized spacial score (nSPS) is 23.1. The van der Waals surface area contributed by atoms with Gasteiger partial charge in [0.25, 0.3) is 0 Å². The van der Waals surface area contributed by atoms with Crippen molar-refractivity contribution in [2.24, 2.45) is 11.8 Å². The van der Waals surface area contributed by atoms with Crippen LogP contribution in [-0.2, 0) is 4.79 Å². The number of amides is 1. The zero-order valence-electron chi connectivity index (χ0n) is 16.6. The first-order valence-electron chi connectivity index (χ1n) is 10.4. The van der Waals surface area contributed by atoms with Crippen molar-refractivity contribution in [3.05, 3.63) is 42.7 Å².